The molecule has 3 amide bonds. The van der Waals surface area contributed by atoms with Gasteiger partial charge in [0.1, 0.15) is 24.2 Å². The number of carboxylic acid groups (broad SMARTS) is 2. The van der Waals surface area contributed by atoms with Gasteiger partial charge in [0.25, 0.3) is 12.4 Å². The number of anilines is 1. The molecule has 14 heteroatoms. The number of benzene rings is 3. The van der Waals surface area contributed by atoms with Crippen molar-refractivity contribution in [3.63, 3.8) is 0 Å². The van der Waals surface area contributed by atoms with E-state index >= 15 is 0 Å². The van der Waals surface area contributed by atoms with E-state index in [1.807, 2.05) is 36.4 Å². The Balaban J connectivity index is 0.00000201. The van der Waals surface area contributed by atoms with Gasteiger partial charge in [-0.1, -0.05) is 78.9 Å². The maximum absolute atomic E-state index is 14.3. The number of fused-ring (bicyclic) bond motifs is 1. The Hall–Kier alpha value is -5.76. The second-order valence-electron chi connectivity index (χ2n) is 11.0. The molecule has 48 heavy (non-hydrogen) atoms. The summed E-state index contributed by atoms with van der Waals surface area (Å²) in [6.45, 7) is -0.0571. The van der Waals surface area contributed by atoms with E-state index in [2.05, 4.69) is 15.6 Å². The average molecular weight is 661 g/mol. The second-order valence-corrected chi connectivity index (χ2v) is 11.0. The molecule has 1 aliphatic heterocycles. The number of amides is 3. The normalized spacial score (nSPS) is 14.9. The summed E-state index contributed by atoms with van der Waals surface area (Å²) in [5.74, 6) is -3.29. The predicted molar refractivity (Wildman–Crippen MR) is 178 cm³/mol. The van der Waals surface area contributed by atoms with Gasteiger partial charge in [-0.3, -0.25) is 29.1 Å². The molecule has 254 valence electrons. The number of nitrogens with two attached hydrogens (primary N) is 2. The van der Waals surface area contributed by atoms with Crippen molar-refractivity contribution in [3.05, 3.63) is 102 Å². The molecule has 4 rings (SSSR count). The number of carboxylic acids is 1. The number of aliphatic hydroxyl groups excluding tert-OH is 1. The topological polar surface area (TPSA) is 238 Å². The number of para-hydroxylation sites is 1. The number of nitrogens with one attached hydrogen (secondary N) is 2. The van der Waals surface area contributed by atoms with Crippen LogP contribution in [0.15, 0.2) is 89.9 Å². The summed E-state index contributed by atoms with van der Waals surface area (Å²) >= 11 is 0. The Morgan fingerprint density at radius 2 is 1.44 bits per heavy atom. The number of guanidine groups is 1. The van der Waals surface area contributed by atoms with Crippen LogP contribution in [0.3, 0.4) is 0 Å². The van der Waals surface area contributed by atoms with E-state index in [1.54, 1.807) is 48.5 Å². The van der Waals surface area contributed by atoms with Crippen molar-refractivity contribution in [2.45, 2.75) is 56.3 Å². The van der Waals surface area contributed by atoms with Crippen LogP contribution < -0.4 is 27.0 Å². The molecule has 0 spiro atoms. The lowest BCUT2D eigenvalue weighted by Gasteiger charge is -2.30. The second kappa shape index (κ2) is 18.4. The van der Waals surface area contributed by atoms with E-state index in [4.69, 9.17) is 21.4 Å². The number of carbonyl (C=O) groups excluding carboxylic acids is 3. The number of rotatable bonds is 14. The molecule has 0 radical (unpaired) electrons. The van der Waals surface area contributed by atoms with Crippen molar-refractivity contribution >= 4 is 41.8 Å². The van der Waals surface area contributed by atoms with Gasteiger partial charge >= 0.3 is 5.97 Å². The van der Waals surface area contributed by atoms with Crippen molar-refractivity contribution in [3.8, 4) is 0 Å². The Bertz CT molecular complexity index is 1570. The number of aliphatic carboxylic acids is 1. The first-order chi connectivity index (χ1) is 23.0. The molecule has 0 unspecified atom stereocenters. The van der Waals surface area contributed by atoms with Gasteiger partial charge in [-0.2, -0.15) is 0 Å². The van der Waals surface area contributed by atoms with Gasteiger partial charge in [0.05, 0.1) is 0 Å². The van der Waals surface area contributed by atoms with E-state index < -0.39 is 47.9 Å². The van der Waals surface area contributed by atoms with Crippen molar-refractivity contribution in [2.75, 3.05) is 11.4 Å². The molecule has 3 aromatic rings. The van der Waals surface area contributed by atoms with Crippen LogP contribution in [0.4, 0.5) is 5.69 Å². The zero-order valence-corrected chi connectivity index (χ0v) is 26.1. The summed E-state index contributed by atoms with van der Waals surface area (Å²) < 4.78 is 0. The van der Waals surface area contributed by atoms with Crippen LogP contribution in [0.25, 0.3) is 0 Å². The maximum Gasteiger partial charge on any atom is 0.326 e. The van der Waals surface area contributed by atoms with Gasteiger partial charge in [0, 0.05) is 31.5 Å². The van der Waals surface area contributed by atoms with E-state index in [1.165, 1.54) is 4.90 Å². The first-order valence-electron chi connectivity index (χ1n) is 15.2. The van der Waals surface area contributed by atoms with Crippen molar-refractivity contribution in [1.29, 1.82) is 0 Å². The van der Waals surface area contributed by atoms with Crippen LogP contribution in [0.5, 0.6) is 0 Å². The minimum absolute atomic E-state index is 0.0518. The minimum atomic E-state index is -1.42. The Kier molecular flexibility index (Phi) is 14.1. The molecule has 1 heterocycles. The lowest BCUT2D eigenvalue weighted by atomic mass is 10.0. The molecular formula is C34H40N6O8. The summed E-state index contributed by atoms with van der Waals surface area (Å²) in [4.78, 5) is 66.7. The first kappa shape index (κ1) is 36.7. The molecule has 0 saturated carbocycles. The van der Waals surface area contributed by atoms with Crippen LogP contribution in [0, 0.1) is 0 Å². The highest BCUT2D eigenvalue weighted by molar-refractivity contribution is 6.07. The van der Waals surface area contributed by atoms with Crippen LogP contribution in [0.1, 0.15) is 29.5 Å². The number of carbonyl (C=O) groups is 5. The van der Waals surface area contributed by atoms with Crippen molar-refractivity contribution in [2.24, 2.45) is 16.5 Å². The molecule has 1 aliphatic rings. The zero-order valence-electron chi connectivity index (χ0n) is 26.1. The van der Waals surface area contributed by atoms with E-state index in [0.717, 1.165) is 16.7 Å². The summed E-state index contributed by atoms with van der Waals surface area (Å²) in [6, 6.07) is 21.7. The molecule has 3 aromatic carbocycles. The quantitative estimate of drug-likeness (QED) is 0.0550. The third kappa shape index (κ3) is 10.7. The molecule has 9 N–H and O–H groups in total. The summed E-state index contributed by atoms with van der Waals surface area (Å²) in [5, 5.41) is 32.7. The van der Waals surface area contributed by atoms with Gasteiger partial charge in [-0.25, -0.2) is 4.79 Å². The molecule has 0 saturated heterocycles. The lowest BCUT2D eigenvalue weighted by Crippen LogP contribution is -2.58. The number of nitrogens with zero attached hydrogens (tertiary/aromatic N) is 2. The summed E-state index contributed by atoms with van der Waals surface area (Å²) in [7, 11) is 0. The van der Waals surface area contributed by atoms with Gasteiger partial charge < -0.3 is 37.4 Å². The van der Waals surface area contributed by atoms with Crippen LogP contribution in [-0.2, 0) is 43.2 Å². The molecule has 0 aliphatic carbocycles. The molecular weight excluding hydrogens is 620 g/mol. The highest BCUT2D eigenvalue weighted by Gasteiger charge is 2.42. The summed E-state index contributed by atoms with van der Waals surface area (Å²) in [5.41, 5.74) is 13.4. The number of aliphatic imine (C=N–C) groups is 1. The standard InChI is InChI=1S/C33H38N6O6.CH2O2/c34-33(35)36-17-9-15-24(32(44)45)37-29(41)27-20-23-14-7-8-16-26(23)39(27)31(43)25(18-21-10-3-1-4-11-21)38-30(42)28(40)19-22-12-5-2-6-13-22;2-1-3/h1-8,10-14,16,24-25,27-28,40H,9,15,17-20H2,(H,37,41)(H,38,42)(H,44,45)(H4,34,35,36);1H,(H,2,3)/t24-,25+,27-,28+;/m0./s1. The lowest BCUT2D eigenvalue weighted by molar-refractivity contribution is -0.142. The number of aliphatic hydroxyl groups is 1. The Morgan fingerprint density at radius 3 is 2.02 bits per heavy atom. The van der Waals surface area contributed by atoms with Crippen molar-refractivity contribution in [1.82, 2.24) is 10.6 Å². The van der Waals surface area contributed by atoms with Crippen LogP contribution in [0.2, 0.25) is 0 Å². The fraction of sp³-hybridized carbons (Fsp3) is 0.294. The molecule has 14 nitrogen and oxygen atoms in total. The largest absolute Gasteiger partial charge is 0.483 e. The van der Waals surface area contributed by atoms with Gasteiger partial charge in [-0.15, -0.1) is 0 Å². The fourth-order valence-electron chi connectivity index (χ4n) is 5.31. The van der Waals surface area contributed by atoms with Gasteiger partial charge in [0.2, 0.25) is 11.8 Å². The third-order valence-corrected chi connectivity index (χ3v) is 7.55. The van der Waals surface area contributed by atoms with Crippen LogP contribution in [-0.4, -0.2) is 82.2 Å². The first-order valence-corrected chi connectivity index (χ1v) is 15.2. The third-order valence-electron chi connectivity index (χ3n) is 7.55. The van der Waals surface area contributed by atoms with Crippen LogP contribution >= 0.6 is 0 Å². The molecule has 0 fully saturated rings. The summed E-state index contributed by atoms with van der Waals surface area (Å²) in [6.07, 6.45) is -0.749. The maximum atomic E-state index is 14.3. The Labute approximate surface area is 277 Å². The SMILES string of the molecule is NC(N)=NCCC[C@H](NC(=O)[C@@H]1Cc2ccccc2N1C(=O)[C@@H](Cc1ccccc1)NC(=O)[C@H](O)Cc1ccccc1)C(=O)O.O=CO. The van der Waals surface area contributed by atoms with Gasteiger partial charge in [-0.05, 0) is 35.6 Å². The fourth-order valence-corrected chi connectivity index (χ4v) is 5.31. The van der Waals surface area contributed by atoms with Crippen molar-refractivity contribution < 1.29 is 39.3 Å². The predicted octanol–water partition coefficient (Wildman–Crippen LogP) is 0.599. The van der Waals surface area contributed by atoms with Gasteiger partial charge in [0.15, 0.2) is 5.96 Å². The smallest absolute Gasteiger partial charge is 0.326 e. The zero-order chi connectivity index (χ0) is 35.1. The molecule has 0 bridgehead atoms. The van der Waals surface area contributed by atoms with E-state index in [0.29, 0.717) is 12.1 Å². The van der Waals surface area contributed by atoms with E-state index in [-0.39, 0.29) is 44.7 Å². The Morgan fingerprint density at radius 1 is 0.875 bits per heavy atom. The molecule has 0 aromatic heterocycles. The average Bonchev–Trinajstić information content (AvgIpc) is 3.46. The number of hydrogen-bond donors (Lipinski definition) is 7. The highest BCUT2D eigenvalue weighted by Crippen LogP contribution is 2.33. The minimum Gasteiger partial charge on any atom is -0.483 e. The monoisotopic (exact) mass is 660 g/mol. The number of hydrogen-bond acceptors (Lipinski definition) is 7. The highest BCUT2D eigenvalue weighted by atomic mass is 16.4. The van der Waals surface area contributed by atoms with E-state index in [9.17, 15) is 29.4 Å². The molecule has 4 atom stereocenters.